The van der Waals surface area contributed by atoms with Gasteiger partial charge < -0.3 is 15.0 Å². The molecule has 0 unspecified atom stereocenters. The van der Waals surface area contributed by atoms with Gasteiger partial charge in [0.25, 0.3) is 0 Å². The first-order valence-electron chi connectivity index (χ1n) is 6.59. The van der Waals surface area contributed by atoms with Crippen molar-refractivity contribution in [3.05, 3.63) is 41.3 Å². The highest BCUT2D eigenvalue weighted by Gasteiger charge is 2.10. The minimum Gasteiger partial charge on any atom is -0.482 e. The normalized spacial score (nSPS) is 12.4. The van der Waals surface area contributed by atoms with E-state index < -0.39 is 5.82 Å². The van der Waals surface area contributed by atoms with Crippen LogP contribution in [0.1, 0.15) is 43.6 Å². The van der Waals surface area contributed by atoms with Gasteiger partial charge in [0.1, 0.15) is 0 Å². The van der Waals surface area contributed by atoms with Crippen LogP contribution in [0.2, 0.25) is 0 Å². The molecule has 1 aromatic carbocycles. The molecule has 6 heteroatoms. The Morgan fingerprint density at radius 2 is 2.25 bits per heavy atom. The van der Waals surface area contributed by atoms with Crippen LogP contribution in [0.3, 0.4) is 0 Å². The van der Waals surface area contributed by atoms with Gasteiger partial charge in [0, 0.05) is 12.5 Å². The van der Waals surface area contributed by atoms with Gasteiger partial charge in [0.2, 0.25) is 11.7 Å². The van der Waals surface area contributed by atoms with E-state index in [1.165, 1.54) is 6.07 Å². The molecule has 0 fully saturated rings. The summed E-state index contributed by atoms with van der Waals surface area (Å²) >= 11 is 0. The lowest BCUT2D eigenvalue weighted by molar-refractivity contribution is 0.272. The maximum Gasteiger partial charge on any atom is 0.226 e. The molecule has 2 N–H and O–H groups in total. The lowest BCUT2D eigenvalue weighted by Crippen LogP contribution is -2.06. The highest BCUT2D eigenvalue weighted by Crippen LogP contribution is 2.21. The molecule has 1 heterocycles. The highest BCUT2D eigenvalue weighted by atomic mass is 19.1. The van der Waals surface area contributed by atoms with Crippen LogP contribution in [0.25, 0.3) is 0 Å². The van der Waals surface area contributed by atoms with Crippen molar-refractivity contribution in [2.75, 3.05) is 0 Å². The molecule has 0 bridgehead atoms. The molecule has 20 heavy (non-hydrogen) atoms. The molecule has 1 atom stereocenters. The standard InChI is InChI=1S/C14H18FN3O2/c1-3-4-14-17-13(18-20-14)8-19-12-6-5-10(9(2)16)7-11(12)15/h5-7,9H,3-4,8,16H2,1-2H3/t9-/m0/s1. The Balaban J connectivity index is 1.99. The molecule has 0 aliphatic heterocycles. The van der Waals surface area contributed by atoms with Gasteiger partial charge in [-0.15, -0.1) is 0 Å². The molecule has 0 aliphatic rings. The minimum absolute atomic E-state index is 0.0711. The van der Waals surface area contributed by atoms with E-state index >= 15 is 0 Å². The Bertz CT molecular complexity index is 569. The van der Waals surface area contributed by atoms with Crippen LogP contribution in [0.4, 0.5) is 4.39 Å². The molecule has 2 rings (SSSR count). The molecule has 0 saturated carbocycles. The summed E-state index contributed by atoms with van der Waals surface area (Å²) in [6.07, 6.45) is 1.65. The molecular weight excluding hydrogens is 261 g/mol. The zero-order chi connectivity index (χ0) is 14.5. The van der Waals surface area contributed by atoms with E-state index in [1.54, 1.807) is 19.1 Å². The van der Waals surface area contributed by atoms with Crippen LogP contribution in [-0.4, -0.2) is 10.1 Å². The van der Waals surface area contributed by atoms with Crippen molar-refractivity contribution in [3.8, 4) is 5.75 Å². The molecule has 0 spiro atoms. The summed E-state index contributed by atoms with van der Waals surface area (Å²) < 4.78 is 24.2. The SMILES string of the molecule is CCCc1nc(COc2ccc([C@H](C)N)cc2F)no1. The van der Waals surface area contributed by atoms with E-state index in [1.807, 2.05) is 6.92 Å². The number of aryl methyl sites for hydroxylation is 1. The van der Waals surface area contributed by atoms with Crippen LogP contribution in [-0.2, 0) is 13.0 Å². The van der Waals surface area contributed by atoms with Crippen molar-refractivity contribution in [1.29, 1.82) is 0 Å². The maximum atomic E-state index is 13.8. The van der Waals surface area contributed by atoms with Crippen molar-refractivity contribution in [3.63, 3.8) is 0 Å². The van der Waals surface area contributed by atoms with Gasteiger partial charge in [-0.2, -0.15) is 4.98 Å². The predicted molar refractivity (Wildman–Crippen MR) is 71.6 cm³/mol. The van der Waals surface area contributed by atoms with E-state index in [0.717, 1.165) is 18.4 Å². The third-order valence-corrected chi connectivity index (χ3v) is 2.81. The van der Waals surface area contributed by atoms with Gasteiger partial charge in [-0.05, 0) is 31.0 Å². The minimum atomic E-state index is -0.447. The van der Waals surface area contributed by atoms with Gasteiger partial charge in [-0.3, -0.25) is 0 Å². The molecule has 5 nitrogen and oxygen atoms in total. The third-order valence-electron chi connectivity index (χ3n) is 2.81. The summed E-state index contributed by atoms with van der Waals surface area (Å²) in [5.41, 5.74) is 6.41. The number of aromatic nitrogens is 2. The van der Waals surface area contributed by atoms with Crippen molar-refractivity contribution >= 4 is 0 Å². The van der Waals surface area contributed by atoms with E-state index in [0.29, 0.717) is 11.7 Å². The Labute approximate surface area is 116 Å². The lowest BCUT2D eigenvalue weighted by Gasteiger charge is -2.09. The summed E-state index contributed by atoms with van der Waals surface area (Å²) in [7, 11) is 0. The average Bonchev–Trinajstić information content (AvgIpc) is 2.85. The number of hydrogen-bond acceptors (Lipinski definition) is 5. The van der Waals surface area contributed by atoms with Crippen molar-refractivity contribution < 1.29 is 13.7 Å². The second-order valence-corrected chi connectivity index (χ2v) is 4.62. The summed E-state index contributed by atoms with van der Waals surface area (Å²) in [4.78, 5) is 4.15. The molecule has 0 radical (unpaired) electrons. The zero-order valence-corrected chi connectivity index (χ0v) is 11.6. The molecule has 2 aromatic rings. The summed E-state index contributed by atoms with van der Waals surface area (Å²) in [5.74, 6) is 0.677. The van der Waals surface area contributed by atoms with Gasteiger partial charge in [-0.1, -0.05) is 18.1 Å². The smallest absolute Gasteiger partial charge is 0.226 e. The second kappa shape index (κ2) is 6.47. The zero-order valence-electron chi connectivity index (χ0n) is 11.6. The Morgan fingerprint density at radius 1 is 1.45 bits per heavy atom. The van der Waals surface area contributed by atoms with Crippen molar-refractivity contribution in [2.24, 2.45) is 5.73 Å². The molecule has 1 aromatic heterocycles. The monoisotopic (exact) mass is 279 g/mol. The van der Waals surface area contributed by atoms with E-state index in [-0.39, 0.29) is 18.4 Å². The van der Waals surface area contributed by atoms with Crippen LogP contribution >= 0.6 is 0 Å². The Morgan fingerprint density at radius 3 is 2.90 bits per heavy atom. The number of nitrogens with zero attached hydrogens (tertiary/aromatic N) is 2. The first kappa shape index (κ1) is 14.5. The summed E-state index contributed by atoms with van der Waals surface area (Å²) in [6, 6.07) is 4.45. The largest absolute Gasteiger partial charge is 0.482 e. The first-order chi connectivity index (χ1) is 9.60. The number of halogens is 1. The van der Waals surface area contributed by atoms with Crippen LogP contribution < -0.4 is 10.5 Å². The summed E-state index contributed by atoms with van der Waals surface area (Å²) in [5, 5.41) is 3.77. The van der Waals surface area contributed by atoms with Gasteiger partial charge in [0.15, 0.2) is 18.2 Å². The fraction of sp³-hybridized carbons (Fsp3) is 0.429. The quantitative estimate of drug-likeness (QED) is 0.880. The van der Waals surface area contributed by atoms with Crippen molar-refractivity contribution in [1.82, 2.24) is 10.1 Å². The van der Waals surface area contributed by atoms with Crippen LogP contribution in [0, 0.1) is 5.82 Å². The number of hydrogen-bond donors (Lipinski definition) is 1. The van der Waals surface area contributed by atoms with Gasteiger partial charge in [0.05, 0.1) is 0 Å². The number of ether oxygens (including phenoxy) is 1. The van der Waals surface area contributed by atoms with Crippen molar-refractivity contribution in [2.45, 2.75) is 39.3 Å². The predicted octanol–water partition coefficient (Wildman–Crippen LogP) is 2.76. The molecular formula is C14H18FN3O2. The number of benzene rings is 1. The van der Waals surface area contributed by atoms with Gasteiger partial charge >= 0.3 is 0 Å². The van der Waals surface area contributed by atoms with Crippen LogP contribution in [0.15, 0.2) is 22.7 Å². The molecule has 108 valence electrons. The average molecular weight is 279 g/mol. The molecule has 0 amide bonds. The van der Waals surface area contributed by atoms with E-state index in [9.17, 15) is 4.39 Å². The third kappa shape index (κ3) is 3.54. The fourth-order valence-corrected chi connectivity index (χ4v) is 1.72. The first-order valence-corrected chi connectivity index (χ1v) is 6.59. The lowest BCUT2D eigenvalue weighted by atomic mass is 10.1. The Hall–Kier alpha value is -1.95. The molecule has 0 aliphatic carbocycles. The summed E-state index contributed by atoms with van der Waals surface area (Å²) in [6.45, 7) is 3.89. The number of rotatable bonds is 6. The van der Waals surface area contributed by atoms with Gasteiger partial charge in [-0.25, -0.2) is 4.39 Å². The molecule has 0 saturated heterocycles. The van der Waals surface area contributed by atoms with Crippen LogP contribution in [0.5, 0.6) is 5.75 Å². The number of nitrogens with two attached hydrogens (primary N) is 1. The highest BCUT2D eigenvalue weighted by molar-refractivity contribution is 5.30. The Kier molecular flexibility index (Phi) is 4.68. The topological polar surface area (TPSA) is 74.2 Å². The second-order valence-electron chi connectivity index (χ2n) is 4.62. The van der Waals surface area contributed by atoms with E-state index in [4.69, 9.17) is 15.0 Å². The van der Waals surface area contributed by atoms with E-state index in [2.05, 4.69) is 10.1 Å². The fourth-order valence-electron chi connectivity index (χ4n) is 1.72. The maximum absolute atomic E-state index is 13.8.